The van der Waals surface area contributed by atoms with Crippen LogP contribution in [0.15, 0.2) is 18.2 Å². The first-order valence-electron chi connectivity index (χ1n) is 10.3. The van der Waals surface area contributed by atoms with Crippen LogP contribution < -0.4 is 18.9 Å². The normalized spacial score (nSPS) is 12.1. The van der Waals surface area contributed by atoms with E-state index in [1.165, 1.54) is 35.2 Å². The predicted octanol–water partition coefficient (Wildman–Crippen LogP) is 4.60. The lowest BCUT2D eigenvalue weighted by Crippen LogP contribution is -2.28. The highest BCUT2D eigenvalue weighted by Crippen LogP contribution is 2.52. The molecule has 0 radical (unpaired) electrons. The molecule has 176 valence electrons. The summed E-state index contributed by atoms with van der Waals surface area (Å²) in [6.45, 7) is 6.31. The maximum absolute atomic E-state index is 12.0. The highest BCUT2D eigenvalue weighted by molar-refractivity contribution is 6.01. The molecule has 0 saturated carbocycles. The number of carbonyl (C=O) groups is 2. The van der Waals surface area contributed by atoms with Gasteiger partial charge in [-0.3, -0.25) is 9.59 Å². The molecule has 0 spiro atoms. The van der Waals surface area contributed by atoms with E-state index in [4.69, 9.17) is 28.4 Å². The average Bonchev–Trinajstić information content (AvgIpc) is 2.73. The minimum absolute atomic E-state index is 0.352. The number of hydrogen-bond acceptors (Lipinski definition) is 8. The van der Waals surface area contributed by atoms with Gasteiger partial charge in [-0.2, -0.15) is 0 Å². The summed E-state index contributed by atoms with van der Waals surface area (Å²) in [4.78, 5) is 23.5. The van der Waals surface area contributed by atoms with Crippen molar-refractivity contribution in [3.8, 4) is 23.0 Å². The smallest absolute Gasteiger partial charge is 0.303 e. The Morgan fingerprint density at radius 1 is 0.875 bits per heavy atom. The number of rotatable bonds is 10. The lowest BCUT2D eigenvalue weighted by molar-refractivity contribution is -0.157. The summed E-state index contributed by atoms with van der Waals surface area (Å²) in [5.74, 6) is 1.03. The molecule has 0 bridgehead atoms. The molecule has 0 aliphatic heterocycles. The molecule has 8 nitrogen and oxygen atoms in total. The molecule has 1 atom stereocenters. The van der Waals surface area contributed by atoms with Crippen LogP contribution in [0.2, 0.25) is 0 Å². The van der Waals surface area contributed by atoms with Crippen LogP contribution in [0.3, 0.4) is 0 Å². The van der Waals surface area contributed by atoms with Gasteiger partial charge < -0.3 is 28.4 Å². The second-order valence-electron chi connectivity index (χ2n) is 7.89. The summed E-state index contributed by atoms with van der Waals surface area (Å²) in [6.07, 6.45) is 0.0391. The molecular formula is C24H32O8. The van der Waals surface area contributed by atoms with Crippen LogP contribution in [0.25, 0.3) is 10.8 Å². The van der Waals surface area contributed by atoms with Crippen molar-refractivity contribution in [2.24, 2.45) is 0 Å². The largest absolute Gasteiger partial charge is 0.496 e. The minimum atomic E-state index is -0.755. The molecule has 2 rings (SSSR count). The van der Waals surface area contributed by atoms with Gasteiger partial charge in [0, 0.05) is 19.2 Å². The number of fused-ring (bicyclic) bond motifs is 1. The topological polar surface area (TPSA) is 89.5 Å². The Morgan fingerprint density at radius 3 is 2.00 bits per heavy atom. The van der Waals surface area contributed by atoms with Crippen LogP contribution in [0.5, 0.6) is 23.0 Å². The third-order valence-electron chi connectivity index (χ3n) is 5.08. The molecular weight excluding hydrogens is 416 g/mol. The number of ether oxygens (including phenoxy) is 6. The van der Waals surface area contributed by atoms with E-state index in [9.17, 15) is 9.59 Å². The average molecular weight is 449 g/mol. The molecule has 0 aliphatic rings. The Kier molecular flexibility index (Phi) is 8.19. The number of carbonyl (C=O) groups excluding carboxylic acids is 2. The Bertz CT molecular complexity index is 980. The molecule has 0 heterocycles. The zero-order valence-electron chi connectivity index (χ0n) is 20.0. The molecule has 2 aromatic rings. The van der Waals surface area contributed by atoms with Crippen LogP contribution in [0.4, 0.5) is 0 Å². The van der Waals surface area contributed by atoms with Gasteiger partial charge >= 0.3 is 11.9 Å². The van der Waals surface area contributed by atoms with Crippen LogP contribution in [-0.2, 0) is 19.1 Å². The third kappa shape index (κ3) is 5.36. The Morgan fingerprint density at radius 2 is 1.50 bits per heavy atom. The fourth-order valence-electron chi connectivity index (χ4n) is 3.90. The quantitative estimate of drug-likeness (QED) is 0.487. The van der Waals surface area contributed by atoms with Gasteiger partial charge in [-0.25, -0.2) is 0 Å². The van der Waals surface area contributed by atoms with Crippen molar-refractivity contribution in [3.05, 3.63) is 23.8 Å². The number of methoxy groups -OCH3 is 4. The number of benzene rings is 2. The molecule has 2 aromatic carbocycles. The lowest BCUT2D eigenvalue weighted by Gasteiger charge is -2.29. The molecule has 0 aliphatic carbocycles. The Labute approximate surface area is 188 Å². The van der Waals surface area contributed by atoms with Gasteiger partial charge in [0.2, 0.25) is 0 Å². The number of esters is 2. The summed E-state index contributed by atoms with van der Waals surface area (Å²) >= 11 is 0. The maximum Gasteiger partial charge on any atom is 0.303 e. The van der Waals surface area contributed by atoms with Crippen LogP contribution >= 0.6 is 0 Å². The van der Waals surface area contributed by atoms with Crippen LogP contribution in [-0.4, -0.2) is 46.0 Å². The van der Waals surface area contributed by atoms with E-state index >= 15 is 0 Å². The Hall–Kier alpha value is -3.16. The SMILES string of the molecule is COc1c(C(CCC(C)(C)OC(C)=O)OC(C)=O)c(OC)c2cccc(OC)c2c1OC. The molecule has 1 unspecified atom stereocenters. The minimum Gasteiger partial charge on any atom is -0.496 e. The van der Waals surface area contributed by atoms with Crippen molar-refractivity contribution in [1.29, 1.82) is 0 Å². The second-order valence-corrected chi connectivity index (χ2v) is 7.89. The van der Waals surface area contributed by atoms with Gasteiger partial charge in [0.05, 0.1) is 39.4 Å². The predicted molar refractivity (Wildman–Crippen MR) is 120 cm³/mol. The first-order chi connectivity index (χ1) is 15.1. The first kappa shape index (κ1) is 25.1. The summed E-state index contributed by atoms with van der Waals surface area (Å²) < 4.78 is 33.9. The zero-order valence-corrected chi connectivity index (χ0v) is 20.0. The van der Waals surface area contributed by atoms with Crippen LogP contribution in [0, 0.1) is 0 Å². The van der Waals surface area contributed by atoms with Crippen LogP contribution in [0.1, 0.15) is 52.2 Å². The lowest BCUT2D eigenvalue weighted by atomic mass is 9.92. The maximum atomic E-state index is 12.0. The van der Waals surface area contributed by atoms with E-state index in [2.05, 4.69) is 0 Å². The van der Waals surface area contributed by atoms with E-state index in [1.807, 2.05) is 18.2 Å². The van der Waals surface area contributed by atoms with Gasteiger partial charge in [-0.15, -0.1) is 0 Å². The molecule has 0 N–H and O–H groups in total. The van der Waals surface area contributed by atoms with Gasteiger partial charge in [0.15, 0.2) is 11.5 Å². The fourth-order valence-corrected chi connectivity index (χ4v) is 3.90. The standard InChI is InChI=1S/C24H32O8/c1-14(25)31-18(12-13-24(3,4)32-15(2)26)20-21(28-6)16-10-9-11-17(27-5)19(16)22(29-7)23(20)30-8/h9-11,18H,12-13H2,1-8H3. The second kappa shape index (κ2) is 10.4. The fraction of sp³-hybridized carbons (Fsp3) is 0.500. The van der Waals surface area contributed by atoms with Crippen molar-refractivity contribution >= 4 is 22.7 Å². The molecule has 0 amide bonds. The summed E-state index contributed by atoms with van der Waals surface area (Å²) in [5, 5.41) is 1.40. The van der Waals surface area contributed by atoms with Gasteiger partial charge in [0.1, 0.15) is 23.2 Å². The summed E-state index contributed by atoms with van der Waals surface area (Å²) in [5.41, 5.74) is -0.226. The van der Waals surface area contributed by atoms with E-state index < -0.39 is 17.7 Å². The van der Waals surface area contributed by atoms with Crippen molar-refractivity contribution < 1.29 is 38.0 Å². The van der Waals surface area contributed by atoms with Gasteiger partial charge in [-0.1, -0.05) is 12.1 Å². The monoisotopic (exact) mass is 448 g/mol. The Balaban J connectivity index is 2.75. The molecule has 0 fully saturated rings. The highest BCUT2D eigenvalue weighted by atomic mass is 16.6. The van der Waals surface area contributed by atoms with Crippen molar-refractivity contribution in [1.82, 2.24) is 0 Å². The first-order valence-corrected chi connectivity index (χ1v) is 10.3. The van der Waals surface area contributed by atoms with E-state index in [0.717, 1.165) is 5.39 Å². The highest BCUT2D eigenvalue weighted by Gasteiger charge is 2.33. The third-order valence-corrected chi connectivity index (χ3v) is 5.08. The molecule has 32 heavy (non-hydrogen) atoms. The molecule has 0 aromatic heterocycles. The number of hydrogen-bond donors (Lipinski definition) is 0. The molecule has 0 saturated heterocycles. The van der Waals surface area contributed by atoms with E-state index in [1.54, 1.807) is 21.0 Å². The molecule has 8 heteroatoms. The van der Waals surface area contributed by atoms with Gasteiger partial charge in [0.25, 0.3) is 0 Å². The van der Waals surface area contributed by atoms with Crippen molar-refractivity contribution in [2.45, 2.75) is 52.2 Å². The summed E-state index contributed by atoms with van der Waals surface area (Å²) in [6, 6.07) is 5.52. The van der Waals surface area contributed by atoms with Gasteiger partial charge in [-0.05, 0) is 32.8 Å². The van der Waals surface area contributed by atoms with Crippen molar-refractivity contribution in [2.75, 3.05) is 28.4 Å². The zero-order chi connectivity index (χ0) is 24.1. The van der Waals surface area contributed by atoms with Crippen molar-refractivity contribution in [3.63, 3.8) is 0 Å². The van der Waals surface area contributed by atoms with E-state index in [0.29, 0.717) is 46.8 Å². The van der Waals surface area contributed by atoms with E-state index in [-0.39, 0.29) is 5.97 Å². The summed E-state index contributed by atoms with van der Waals surface area (Å²) in [7, 11) is 6.15.